The van der Waals surface area contributed by atoms with E-state index in [0.717, 1.165) is 0 Å². The van der Waals surface area contributed by atoms with E-state index in [9.17, 15) is 19.2 Å². The van der Waals surface area contributed by atoms with Crippen molar-refractivity contribution in [1.29, 1.82) is 0 Å². The van der Waals surface area contributed by atoms with Gasteiger partial charge in [0.2, 0.25) is 17.3 Å². The maximum absolute atomic E-state index is 12.9. The lowest BCUT2D eigenvalue weighted by atomic mass is 9.82. The summed E-state index contributed by atoms with van der Waals surface area (Å²) in [5, 5.41) is -1.37. The molecule has 0 amide bonds. The molecule has 0 fully saturated rings. The number of fused-ring (bicyclic) bond motifs is 1. The van der Waals surface area contributed by atoms with Gasteiger partial charge >= 0.3 is 0 Å². The van der Waals surface area contributed by atoms with Gasteiger partial charge in [-0.25, -0.2) is 0 Å². The minimum absolute atomic E-state index is 0.0765. The molecule has 26 heavy (non-hydrogen) atoms. The second-order valence-corrected chi connectivity index (χ2v) is 6.93. The number of rotatable bonds is 2. The molecule has 0 unspecified atom stereocenters. The number of carbonyl (C=O) groups is 4. The van der Waals surface area contributed by atoms with Crippen LogP contribution in [0.3, 0.4) is 0 Å². The van der Waals surface area contributed by atoms with E-state index in [2.05, 4.69) is 0 Å². The minimum atomic E-state index is -0.839. The Morgan fingerprint density at radius 1 is 0.654 bits per heavy atom. The predicted molar refractivity (Wildman–Crippen MR) is 97.4 cm³/mol. The average Bonchev–Trinajstić information content (AvgIpc) is 2.61. The first-order chi connectivity index (χ1) is 12.2. The van der Waals surface area contributed by atoms with Crippen molar-refractivity contribution in [3.05, 3.63) is 67.3 Å². The Bertz CT molecular complexity index is 1020. The largest absolute Gasteiger partial charge is 0.373 e. The average molecular weight is 411 g/mol. The van der Waals surface area contributed by atoms with E-state index in [1.807, 2.05) is 0 Å². The minimum Gasteiger partial charge on any atom is -0.373 e. The molecule has 5 nitrogen and oxygen atoms in total. The highest BCUT2D eigenvalue weighted by Crippen LogP contribution is 2.39. The van der Waals surface area contributed by atoms with E-state index in [-0.39, 0.29) is 16.8 Å². The molecule has 132 valence electrons. The fraction of sp³-hybridized carbons (Fsp3) is 0.111. The number of halogens is 3. The summed E-state index contributed by atoms with van der Waals surface area (Å²) < 4.78 is 0. The van der Waals surface area contributed by atoms with Crippen LogP contribution in [-0.4, -0.2) is 42.1 Å². The van der Waals surface area contributed by atoms with Crippen molar-refractivity contribution < 1.29 is 19.2 Å². The lowest BCUT2D eigenvalue weighted by molar-refractivity contribution is -0.116. The highest BCUT2D eigenvalue weighted by Gasteiger charge is 2.42. The van der Waals surface area contributed by atoms with E-state index in [1.165, 1.54) is 31.1 Å². The van der Waals surface area contributed by atoms with Crippen LogP contribution in [0, 0.1) is 0 Å². The number of Topliss-reactive ketones (excluding diaryl/α,β-unsaturated/α-hetero) is 4. The molecule has 0 bridgehead atoms. The third-order valence-corrected chi connectivity index (χ3v) is 5.10. The lowest BCUT2D eigenvalue weighted by Crippen LogP contribution is -2.31. The third kappa shape index (κ3) is 2.55. The Morgan fingerprint density at radius 2 is 1.12 bits per heavy atom. The molecule has 0 N–H and O–H groups in total. The van der Waals surface area contributed by atoms with Crippen molar-refractivity contribution in [2.75, 3.05) is 14.1 Å². The molecular weight excluding hydrogens is 401 g/mol. The Kier molecular flexibility index (Phi) is 4.65. The van der Waals surface area contributed by atoms with Gasteiger partial charge in [-0.3, -0.25) is 19.2 Å². The number of likely N-dealkylation sites (N-methyl/N-ethyl adjacent to an activating group) is 1. The molecule has 0 aliphatic heterocycles. The van der Waals surface area contributed by atoms with E-state index in [1.54, 1.807) is 12.1 Å². The fourth-order valence-electron chi connectivity index (χ4n) is 2.83. The summed E-state index contributed by atoms with van der Waals surface area (Å²) in [4.78, 5) is 52.0. The maximum Gasteiger partial charge on any atom is 0.222 e. The molecule has 0 heterocycles. The van der Waals surface area contributed by atoms with Gasteiger partial charge in [0, 0.05) is 25.2 Å². The smallest absolute Gasteiger partial charge is 0.222 e. The van der Waals surface area contributed by atoms with Crippen molar-refractivity contribution in [2.24, 2.45) is 0 Å². The zero-order valence-corrected chi connectivity index (χ0v) is 15.8. The van der Waals surface area contributed by atoms with E-state index in [4.69, 9.17) is 34.8 Å². The molecule has 0 atom stereocenters. The standard InChI is InChI=1S/C18H10Cl3NO4/c1-22(2)14-13(21)17(25)10(12(20)18(14)26)9-11(19)16(24)8-6-4-3-5-7(8)15(9)23/h3-6H,1-2H3. The highest BCUT2D eigenvalue weighted by molar-refractivity contribution is 6.59. The maximum atomic E-state index is 12.9. The van der Waals surface area contributed by atoms with Crippen LogP contribution >= 0.6 is 34.8 Å². The number of carbonyl (C=O) groups excluding carboxylic acids is 4. The molecule has 0 radical (unpaired) electrons. The molecule has 3 rings (SSSR count). The van der Waals surface area contributed by atoms with Crippen LogP contribution in [-0.2, 0) is 9.59 Å². The second-order valence-electron chi connectivity index (χ2n) is 5.80. The quantitative estimate of drug-likeness (QED) is 0.700. The van der Waals surface area contributed by atoms with Crippen LogP contribution in [0.25, 0.3) is 0 Å². The molecule has 1 aromatic rings. The first-order valence-corrected chi connectivity index (χ1v) is 8.46. The van der Waals surface area contributed by atoms with Gasteiger partial charge in [-0.2, -0.15) is 0 Å². The summed E-state index contributed by atoms with van der Waals surface area (Å²) in [7, 11) is 3.05. The lowest BCUT2D eigenvalue weighted by Gasteiger charge is -2.25. The predicted octanol–water partition coefficient (Wildman–Crippen LogP) is 3.22. The van der Waals surface area contributed by atoms with Crippen molar-refractivity contribution in [3.8, 4) is 0 Å². The molecule has 1 aromatic carbocycles. The van der Waals surface area contributed by atoms with Crippen LogP contribution in [0.5, 0.6) is 0 Å². The van der Waals surface area contributed by atoms with Gasteiger partial charge in [0.25, 0.3) is 0 Å². The Morgan fingerprint density at radius 3 is 1.65 bits per heavy atom. The van der Waals surface area contributed by atoms with Gasteiger partial charge in [0.15, 0.2) is 5.78 Å². The zero-order chi connectivity index (χ0) is 19.3. The molecule has 0 spiro atoms. The first-order valence-electron chi connectivity index (χ1n) is 7.33. The van der Waals surface area contributed by atoms with Crippen molar-refractivity contribution in [2.45, 2.75) is 0 Å². The van der Waals surface area contributed by atoms with Gasteiger partial charge in [0.1, 0.15) is 20.8 Å². The summed E-state index contributed by atoms with van der Waals surface area (Å²) in [5.41, 5.74) is -0.766. The Hall–Kier alpha value is -2.21. The molecule has 0 aromatic heterocycles. The van der Waals surface area contributed by atoms with Crippen LogP contribution in [0.2, 0.25) is 0 Å². The third-order valence-electron chi connectivity index (χ3n) is 4.03. The SMILES string of the molecule is CN(C)C1=C(Cl)C(=O)C(C2=C(Cl)C(=O)c3ccccc3C2=O)=C(Cl)C1=O. The van der Waals surface area contributed by atoms with Gasteiger partial charge in [-0.05, 0) is 0 Å². The van der Waals surface area contributed by atoms with Crippen molar-refractivity contribution >= 4 is 57.9 Å². The van der Waals surface area contributed by atoms with Crippen LogP contribution < -0.4 is 0 Å². The zero-order valence-electron chi connectivity index (χ0n) is 13.5. The number of ketones is 4. The summed E-state index contributed by atoms with van der Waals surface area (Å²) in [6.45, 7) is 0. The number of benzene rings is 1. The number of nitrogens with zero attached hydrogens (tertiary/aromatic N) is 1. The van der Waals surface area contributed by atoms with Gasteiger partial charge < -0.3 is 4.90 Å². The summed E-state index contributed by atoms with van der Waals surface area (Å²) in [6, 6.07) is 6.05. The van der Waals surface area contributed by atoms with Crippen LogP contribution in [0.1, 0.15) is 20.7 Å². The van der Waals surface area contributed by atoms with Gasteiger partial charge in [-0.15, -0.1) is 0 Å². The molecule has 0 saturated heterocycles. The monoisotopic (exact) mass is 409 g/mol. The van der Waals surface area contributed by atoms with Crippen LogP contribution in [0.15, 0.2) is 56.2 Å². The summed E-state index contributed by atoms with van der Waals surface area (Å²) >= 11 is 18.2. The Balaban J connectivity index is 2.26. The fourth-order valence-corrected chi connectivity index (χ4v) is 3.73. The van der Waals surface area contributed by atoms with Crippen LogP contribution in [0.4, 0.5) is 0 Å². The summed E-state index contributed by atoms with van der Waals surface area (Å²) in [5.74, 6) is -2.87. The molecular formula is C18H10Cl3NO4. The van der Waals surface area contributed by atoms with Gasteiger partial charge in [0.05, 0.1) is 11.1 Å². The second kappa shape index (κ2) is 6.50. The van der Waals surface area contributed by atoms with Crippen molar-refractivity contribution in [3.63, 3.8) is 0 Å². The highest BCUT2D eigenvalue weighted by atomic mass is 35.5. The van der Waals surface area contributed by atoms with E-state index >= 15 is 0 Å². The number of hydrogen-bond donors (Lipinski definition) is 0. The van der Waals surface area contributed by atoms with E-state index < -0.39 is 49.4 Å². The molecule has 2 aliphatic carbocycles. The van der Waals surface area contributed by atoms with Gasteiger partial charge in [-0.1, -0.05) is 59.1 Å². The molecule has 8 heteroatoms. The molecule has 0 saturated carbocycles. The normalized spacial score (nSPS) is 18.0. The Labute approximate surface area is 163 Å². The molecule has 2 aliphatic rings. The number of hydrogen-bond acceptors (Lipinski definition) is 5. The first kappa shape index (κ1) is 18.6. The summed E-state index contributed by atoms with van der Waals surface area (Å²) in [6.07, 6.45) is 0. The van der Waals surface area contributed by atoms with E-state index in [0.29, 0.717) is 0 Å². The number of allylic oxidation sites excluding steroid dienone is 5. The topological polar surface area (TPSA) is 71.5 Å². The van der Waals surface area contributed by atoms with Crippen molar-refractivity contribution in [1.82, 2.24) is 4.90 Å².